The minimum atomic E-state index is -5.08. The molecule has 0 aromatic carbocycles. The summed E-state index contributed by atoms with van der Waals surface area (Å²) in [6.07, 6.45) is -2.95. The molecule has 0 bridgehead atoms. The van der Waals surface area contributed by atoms with Crippen LogP contribution in [0.5, 0.6) is 0 Å². The third-order valence-corrected chi connectivity index (χ3v) is 8.40. The van der Waals surface area contributed by atoms with Crippen molar-refractivity contribution in [3.8, 4) is 0 Å². The molecule has 0 unspecified atom stereocenters. The Hall–Kier alpha value is -2.48. The van der Waals surface area contributed by atoms with Crippen molar-refractivity contribution >= 4 is 27.7 Å². The first-order chi connectivity index (χ1) is 16.2. The molecule has 35 heavy (non-hydrogen) atoms. The molecule has 14 heteroatoms. The zero-order valence-electron chi connectivity index (χ0n) is 19.8. The molecule has 0 saturated carbocycles. The van der Waals surface area contributed by atoms with Crippen molar-refractivity contribution in [3.05, 3.63) is 17.5 Å². The lowest BCUT2D eigenvalue weighted by Gasteiger charge is -2.33. The second-order valence-electron chi connectivity index (χ2n) is 9.52. The number of nitrogens with zero attached hydrogens (tertiary/aromatic N) is 5. The van der Waals surface area contributed by atoms with Crippen molar-refractivity contribution in [1.82, 2.24) is 19.8 Å². The second-order valence-corrected chi connectivity index (χ2v) is 11.7. The van der Waals surface area contributed by atoms with Crippen molar-refractivity contribution in [2.24, 2.45) is 5.92 Å². The molecule has 1 aromatic rings. The maximum Gasteiger partial charge on any atom is 0.490 e. The molecule has 4 heterocycles. The zero-order valence-corrected chi connectivity index (χ0v) is 20.6. The van der Waals surface area contributed by atoms with Crippen LogP contribution in [0.4, 0.5) is 19.1 Å². The van der Waals surface area contributed by atoms with Crippen LogP contribution < -0.4 is 4.90 Å². The third kappa shape index (κ3) is 6.40. The van der Waals surface area contributed by atoms with E-state index in [2.05, 4.69) is 21.8 Å². The average Bonchev–Trinajstić information content (AvgIpc) is 3.21. The molecule has 4 rings (SSSR count). The van der Waals surface area contributed by atoms with Gasteiger partial charge in [-0.15, -0.1) is 0 Å². The summed E-state index contributed by atoms with van der Waals surface area (Å²) < 4.78 is 57.4. The summed E-state index contributed by atoms with van der Waals surface area (Å²) in [5.41, 5.74) is 1.51. The number of fused-ring (bicyclic) bond motifs is 3. The Balaban J connectivity index is 0.000000429. The van der Waals surface area contributed by atoms with E-state index in [1.165, 1.54) is 0 Å². The Morgan fingerprint density at radius 1 is 1.17 bits per heavy atom. The van der Waals surface area contributed by atoms with Gasteiger partial charge in [-0.3, -0.25) is 4.79 Å². The third-order valence-electron chi connectivity index (χ3n) is 6.28. The highest BCUT2D eigenvalue weighted by atomic mass is 32.2. The molecule has 2 saturated heterocycles. The lowest BCUT2D eigenvalue weighted by atomic mass is 10.00. The van der Waals surface area contributed by atoms with Gasteiger partial charge < -0.3 is 19.8 Å². The van der Waals surface area contributed by atoms with Gasteiger partial charge in [0.1, 0.15) is 0 Å². The normalized spacial score (nSPS) is 23.9. The predicted octanol–water partition coefficient (Wildman–Crippen LogP) is 1.13. The van der Waals surface area contributed by atoms with Crippen molar-refractivity contribution in [3.63, 3.8) is 0 Å². The van der Waals surface area contributed by atoms with E-state index in [4.69, 9.17) is 14.9 Å². The minimum Gasteiger partial charge on any atom is -0.475 e. The number of carbonyl (C=O) groups excluding carboxylic acids is 1. The van der Waals surface area contributed by atoms with E-state index in [-0.39, 0.29) is 30.0 Å². The van der Waals surface area contributed by atoms with Crippen molar-refractivity contribution in [2.75, 3.05) is 51.2 Å². The topological polar surface area (TPSA) is 124 Å². The molecule has 0 aliphatic carbocycles. The van der Waals surface area contributed by atoms with E-state index in [9.17, 15) is 26.4 Å². The number of aliphatic carboxylic acids is 1. The number of sulfone groups is 1. The first-order valence-corrected chi connectivity index (χ1v) is 13.0. The highest BCUT2D eigenvalue weighted by molar-refractivity contribution is 7.91. The van der Waals surface area contributed by atoms with Gasteiger partial charge >= 0.3 is 12.1 Å². The van der Waals surface area contributed by atoms with Crippen molar-refractivity contribution < 1.29 is 36.3 Å². The summed E-state index contributed by atoms with van der Waals surface area (Å²) in [4.78, 5) is 36.9. The molecule has 1 aromatic heterocycles. The number of hydrogen-bond acceptors (Lipinski definition) is 8. The Kier molecular flexibility index (Phi) is 7.94. The molecule has 3 aliphatic rings. The first kappa shape index (κ1) is 27.1. The van der Waals surface area contributed by atoms with Gasteiger partial charge in [-0.2, -0.15) is 13.2 Å². The number of carboxylic acid groups (broad SMARTS) is 1. The highest BCUT2D eigenvalue weighted by Crippen LogP contribution is 2.40. The van der Waals surface area contributed by atoms with Gasteiger partial charge in [0.05, 0.1) is 16.7 Å². The van der Waals surface area contributed by atoms with E-state index < -0.39 is 27.2 Å². The summed E-state index contributed by atoms with van der Waals surface area (Å²) >= 11 is 0. The van der Waals surface area contributed by atoms with E-state index in [1.807, 2.05) is 13.8 Å². The van der Waals surface area contributed by atoms with Crippen LogP contribution in [0.25, 0.3) is 0 Å². The molecular formula is C21H30F3N5O5S. The van der Waals surface area contributed by atoms with Gasteiger partial charge in [-0.05, 0) is 13.0 Å². The second kappa shape index (κ2) is 10.2. The number of piperazine rings is 1. The average molecular weight is 522 g/mol. The van der Waals surface area contributed by atoms with Gasteiger partial charge in [0.15, 0.2) is 9.84 Å². The summed E-state index contributed by atoms with van der Waals surface area (Å²) in [6.45, 7) is 8.36. The van der Waals surface area contributed by atoms with Crippen LogP contribution >= 0.6 is 0 Å². The highest BCUT2D eigenvalue weighted by Gasteiger charge is 2.48. The van der Waals surface area contributed by atoms with Crippen LogP contribution in [0.1, 0.15) is 37.4 Å². The van der Waals surface area contributed by atoms with Gasteiger partial charge in [0, 0.05) is 63.4 Å². The lowest BCUT2D eigenvalue weighted by molar-refractivity contribution is -0.192. The molecule has 196 valence electrons. The van der Waals surface area contributed by atoms with E-state index in [1.54, 1.807) is 11.1 Å². The molecule has 1 amide bonds. The maximum absolute atomic E-state index is 12.8. The number of likely N-dealkylation sites (tertiary alicyclic amines) is 1. The lowest BCUT2D eigenvalue weighted by Crippen LogP contribution is -2.45. The number of carbonyl (C=O) groups is 2. The van der Waals surface area contributed by atoms with Gasteiger partial charge in [-0.25, -0.2) is 23.2 Å². The molecule has 1 N–H and O–H groups in total. The largest absolute Gasteiger partial charge is 0.490 e. The Morgan fingerprint density at radius 3 is 2.31 bits per heavy atom. The summed E-state index contributed by atoms with van der Waals surface area (Å²) in [5, 5.41) is 6.58. The fourth-order valence-corrected chi connectivity index (χ4v) is 6.40. The number of anilines is 1. The standard InChI is InChI=1S/C19H29N5O3S.C2HF3O2/c1-13(2)8-17(25)24-10-15-16(11-24)28(26,27)12-14-9-20-19(21-18(14)15)23-6-4-22(3)5-7-23;3-2(4,5)1(6)7/h9,13,15-16H,4-8,10-12H2,1-3H3;(H,6,7)/t15-,16+;/m0./s1. The number of aromatic nitrogens is 2. The molecule has 3 aliphatic heterocycles. The molecule has 0 radical (unpaired) electrons. The molecule has 10 nitrogen and oxygen atoms in total. The monoisotopic (exact) mass is 521 g/mol. The Labute approximate surface area is 202 Å². The summed E-state index contributed by atoms with van der Waals surface area (Å²) in [6, 6.07) is 0. The van der Waals surface area contributed by atoms with Crippen LogP contribution in [-0.2, 0) is 25.2 Å². The van der Waals surface area contributed by atoms with Gasteiger partial charge in [0.2, 0.25) is 11.9 Å². The van der Waals surface area contributed by atoms with Crippen molar-refractivity contribution in [1.29, 1.82) is 0 Å². The van der Waals surface area contributed by atoms with Crippen molar-refractivity contribution in [2.45, 2.75) is 43.4 Å². The fourth-order valence-electron chi connectivity index (χ4n) is 4.41. The number of hydrogen-bond donors (Lipinski definition) is 1. The van der Waals surface area contributed by atoms with E-state index in [0.717, 1.165) is 31.9 Å². The number of rotatable bonds is 3. The van der Waals surface area contributed by atoms with E-state index >= 15 is 0 Å². The smallest absolute Gasteiger partial charge is 0.475 e. The minimum absolute atomic E-state index is 0.0290. The summed E-state index contributed by atoms with van der Waals surface area (Å²) in [7, 11) is -1.21. The zero-order chi connectivity index (χ0) is 26.1. The fraction of sp³-hybridized carbons (Fsp3) is 0.714. The summed E-state index contributed by atoms with van der Waals surface area (Å²) in [5.74, 6) is -2.07. The van der Waals surface area contributed by atoms with Crippen LogP contribution in [0, 0.1) is 5.92 Å². The number of alkyl halides is 3. The molecule has 2 atom stereocenters. The van der Waals surface area contributed by atoms with Crippen LogP contribution in [-0.4, -0.2) is 103 Å². The molecule has 0 spiro atoms. The van der Waals surface area contributed by atoms with Crippen LogP contribution in [0.2, 0.25) is 0 Å². The predicted molar refractivity (Wildman–Crippen MR) is 121 cm³/mol. The molecule has 2 fully saturated rings. The number of halogens is 3. The van der Waals surface area contributed by atoms with Gasteiger partial charge in [0.25, 0.3) is 0 Å². The van der Waals surface area contributed by atoms with Crippen LogP contribution in [0.15, 0.2) is 6.20 Å². The SMILES string of the molecule is CC(C)CC(=O)N1C[C@@H]2c3nc(N4CCN(C)CC4)ncc3CS(=O)(=O)[C@@H]2C1.O=C(O)C(F)(F)F. The quantitative estimate of drug-likeness (QED) is 0.623. The number of carboxylic acids is 1. The Morgan fingerprint density at radius 2 is 1.77 bits per heavy atom. The Bertz CT molecular complexity index is 1060. The van der Waals surface area contributed by atoms with E-state index in [0.29, 0.717) is 24.5 Å². The maximum atomic E-state index is 12.8. The van der Waals surface area contributed by atoms with Crippen LogP contribution in [0.3, 0.4) is 0 Å². The number of amides is 1. The number of likely N-dealkylation sites (N-methyl/N-ethyl adjacent to an activating group) is 1. The van der Waals surface area contributed by atoms with Gasteiger partial charge in [-0.1, -0.05) is 13.8 Å². The first-order valence-electron chi connectivity index (χ1n) is 11.3. The molecular weight excluding hydrogens is 491 g/mol.